The van der Waals surface area contributed by atoms with Crippen LogP contribution in [-0.4, -0.2) is 53.8 Å². The highest BCUT2D eigenvalue weighted by molar-refractivity contribution is 5.90. The van der Waals surface area contributed by atoms with Crippen LogP contribution in [-0.2, 0) is 0 Å². The summed E-state index contributed by atoms with van der Waals surface area (Å²) in [6.45, 7) is 10.6. The van der Waals surface area contributed by atoms with E-state index in [1.165, 1.54) is 0 Å². The first-order valence-corrected chi connectivity index (χ1v) is 9.23. The fraction of sp³-hybridized carbons (Fsp3) is 0.450. The fourth-order valence-corrected chi connectivity index (χ4v) is 2.89. The number of hydrogen-bond donors (Lipinski definition) is 3. The average molecular weight is 369 g/mol. The zero-order valence-corrected chi connectivity index (χ0v) is 16.1. The van der Waals surface area contributed by atoms with Crippen LogP contribution in [0.4, 0.5) is 11.6 Å². The average Bonchev–Trinajstić information content (AvgIpc) is 2.66. The Hall–Kier alpha value is -2.67. The number of aromatic nitrogens is 2. The lowest BCUT2D eigenvalue weighted by atomic mass is 9.97. The van der Waals surface area contributed by atoms with Gasteiger partial charge >= 0.3 is 5.97 Å². The molecule has 3 heterocycles. The molecule has 2 aromatic heterocycles. The third kappa shape index (κ3) is 5.17. The zero-order valence-electron chi connectivity index (χ0n) is 16.1. The molecule has 2 aromatic rings. The van der Waals surface area contributed by atoms with Crippen molar-refractivity contribution >= 4 is 17.6 Å². The lowest BCUT2D eigenvalue weighted by Crippen LogP contribution is -2.44. The van der Waals surface area contributed by atoms with E-state index in [4.69, 9.17) is 4.98 Å². The first-order valence-electron chi connectivity index (χ1n) is 9.23. The summed E-state index contributed by atoms with van der Waals surface area (Å²) in [5.41, 5.74) is 1.87. The molecule has 1 fully saturated rings. The van der Waals surface area contributed by atoms with E-state index >= 15 is 0 Å². The molecular weight excluding hydrogens is 342 g/mol. The summed E-state index contributed by atoms with van der Waals surface area (Å²) in [6, 6.07) is 7.05. The highest BCUT2D eigenvalue weighted by Gasteiger charge is 2.17. The van der Waals surface area contributed by atoms with Gasteiger partial charge in [0.05, 0.1) is 11.3 Å². The monoisotopic (exact) mass is 369 g/mol. The fourth-order valence-electron chi connectivity index (χ4n) is 2.89. The normalized spacial score (nSPS) is 14.9. The summed E-state index contributed by atoms with van der Waals surface area (Å²) in [4.78, 5) is 22.8. The first kappa shape index (κ1) is 19.1. The van der Waals surface area contributed by atoms with Crippen molar-refractivity contribution in [3.05, 3.63) is 36.0 Å². The predicted octanol–water partition coefficient (Wildman–Crippen LogP) is 2.71. The molecule has 0 spiro atoms. The van der Waals surface area contributed by atoms with Crippen molar-refractivity contribution in [2.75, 3.05) is 42.9 Å². The van der Waals surface area contributed by atoms with Crippen LogP contribution in [0.25, 0.3) is 11.3 Å². The summed E-state index contributed by atoms with van der Waals surface area (Å²) < 4.78 is 0. The number of carboxylic acid groups (broad SMARTS) is 1. The van der Waals surface area contributed by atoms with Gasteiger partial charge in [0, 0.05) is 44.5 Å². The molecule has 0 aliphatic carbocycles. The molecule has 144 valence electrons. The van der Waals surface area contributed by atoms with Crippen LogP contribution in [0, 0.1) is 5.41 Å². The molecule has 1 aliphatic rings. The van der Waals surface area contributed by atoms with Gasteiger partial charge in [0.15, 0.2) is 0 Å². The summed E-state index contributed by atoms with van der Waals surface area (Å²) in [5.74, 6) is 0.510. The lowest BCUT2D eigenvalue weighted by molar-refractivity contribution is 0.0697. The Labute approximate surface area is 159 Å². The molecule has 7 heteroatoms. The molecule has 0 radical (unpaired) electrons. The Kier molecular flexibility index (Phi) is 5.60. The Morgan fingerprint density at radius 2 is 2.00 bits per heavy atom. The predicted molar refractivity (Wildman–Crippen MR) is 107 cm³/mol. The molecule has 3 rings (SSSR count). The number of rotatable bonds is 5. The van der Waals surface area contributed by atoms with Gasteiger partial charge in [0.2, 0.25) is 0 Å². The number of carboxylic acids is 1. The van der Waals surface area contributed by atoms with Gasteiger partial charge < -0.3 is 20.6 Å². The quantitative estimate of drug-likeness (QED) is 0.746. The third-order valence-corrected chi connectivity index (χ3v) is 4.36. The van der Waals surface area contributed by atoms with Gasteiger partial charge in [0.1, 0.15) is 11.6 Å². The van der Waals surface area contributed by atoms with Gasteiger partial charge in [-0.1, -0.05) is 20.8 Å². The van der Waals surface area contributed by atoms with E-state index in [0.717, 1.165) is 44.1 Å². The molecule has 1 aliphatic heterocycles. The lowest BCUT2D eigenvalue weighted by Gasteiger charge is -2.29. The van der Waals surface area contributed by atoms with Crippen molar-refractivity contribution in [3.63, 3.8) is 0 Å². The van der Waals surface area contributed by atoms with E-state index in [0.29, 0.717) is 11.5 Å². The van der Waals surface area contributed by atoms with Gasteiger partial charge in [-0.2, -0.15) is 0 Å². The summed E-state index contributed by atoms with van der Waals surface area (Å²) >= 11 is 0. The Balaban J connectivity index is 1.93. The first-order chi connectivity index (χ1) is 12.8. The smallest absolute Gasteiger partial charge is 0.335 e. The number of nitrogens with one attached hydrogen (secondary N) is 2. The molecule has 0 bridgehead atoms. The number of piperazine rings is 1. The molecule has 0 unspecified atom stereocenters. The van der Waals surface area contributed by atoms with Crippen LogP contribution in [0.5, 0.6) is 0 Å². The second-order valence-electron chi connectivity index (χ2n) is 7.99. The van der Waals surface area contributed by atoms with E-state index in [2.05, 4.69) is 41.3 Å². The second kappa shape index (κ2) is 7.92. The van der Waals surface area contributed by atoms with Gasteiger partial charge in [-0.3, -0.25) is 0 Å². The van der Waals surface area contributed by atoms with Crippen molar-refractivity contribution < 1.29 is 9.90 Å². The molecule has 0 saturated carbocycles. The topological polar surface area (TPSA) is 90.4 Å². The largest absolute Gasteiger partial charge is 0.478 e. The maximum Gasteiger partial charge on any atom is 0.335 e. The van der Waals surface area contributed by atoms with Gasteiger partial charge in [0.25, 0.3) is 0 Å². The maximum absolute atomic E-state index is 11.6. The number of pyridine rings is 2. The van der Waals surface area contributed by atoms with E-state index < -0.39 is 5.97 Å². The summed E-state index contributed by atoms with van der Waals surface area (Å²) in [7, 11) is 0. The number of anilines is 2. The highest BCUT2D eigenvalue weighted by atomic mass is 16.4. The van der Waals surface area contributed by atoms with Gasteiger partial charge in [-0.15, -0.1) is 0 Å². The molecule has 27 heavy (non-hydrogen) atoms. The van der Waals surface area contributed by atoms with Crippen LogP contribution >= 0.6 is 0 Å². The Morgan fingerprint density at radius 1 is 1.26 bits per heavy atom. The van der Waals surface area contributed by atoms with E-state index in [1.807, 2.05) is 12.1 Å². The molecule has 1 saturated heterocycles. The van der Waals surface area contributed by atoms with Crippen LogP contribution < -0.4 is 15.5 Å². The summed E-state index contributed by atoms with van der Waals surface area (Å²) in [5, 5.41) is 16.2. The van der Waals surface area contributed by atoms with Crippen LogP contribution in [0.2, 0.25) is 0 Å². The Morgan fingerprint density at radius 3 is 2.67 bits per heavy atom. The highest BCUT2D eigenvalue weighted by Crippen LogP contribution is 2.25. The van der Waals surface area contributed by atoms with Crippen LogP contribution in [0.15, 0.2) is 30.5 Å². The van der Waals surface area contributed by atoms with Crippen molar-refractivity contribution in [2.24, 2.45) is 5.41 Å². The zero-order chi connectivity index (χ0) is 19.4. The Bertz CT molecular complexity index is 810. The van der Waals surface area contributed by atoms with Crippen LogP contribution in [0.1, 0.15) is 31.1 Å². The molecule has 0 aromatic carbocycles. The molecule has 7 nitrogen and oxygen atoms in total. The van der Waals surface area contributed by atoms with Crippen molar-refractivity contribution in [1.29, 1.82) is 0 Å². The molecular formula is C20H27N5O2. The van der Waals surface area contributed by atoms with E-state index in [9.17, 15) is 9.90 Å². The SMILES string of the molecule is CC(C)(C)CNc1cc(-c2cc(C(=O)O)cc(N3CCNCC3)n2)ccn1. The van der Waals surface area contributed by atoms with Crippen molar-refractivity contribution in [1.82, 2.24) is 15.3 Å². The van der Waals surface area contributed by atoms with Crippen molar-refractivity contribution in [2.45, 2.75) is 20.8 Å². The second-order valence-corrected chi connectivity index (χ2v) is 7.99. The maximum atomic E-state index is 11.6. The number of aromatic carboxylic acids is 1. The number of carbonyl (C=O) groups is 1. The minimum atomic E-state index is -0.949. The van der Waals surface area contributed by atoms with E-state index in [-0.39, 0.29) is 11.0 Å². The third-order valence-electron chi connectivity index (χ3n) is 4.36. The van der Waals surface area contributed by atoms with E-state index in [1.54, 1.807) is 18.3 Å². The minimum Gasteiger partial charge on any atom is -0.478 e. The molecule has 0 amide bonds. The van der Waals surface area contributed by atoms with Crippen LogP contribution in [0.3, 0.4) is 0 Å². The summed E-state index contributed by atoms with van der Waals surface area (Å²) in [6.07, 6.45) is 1.72. The standard InChI is InChI=1S/C20H27N5O2/c1-20(2,3)13-23-17-11-14(4-5-22-17)16-10-15(19(26)27)12-18(24-16)25-8-6-21-7-9-25/h4-5,10-12,21H,6-9,13H2,1-3H3,(H,22,23)(H,26,27). The number of hydrogen-bond acceptors (Lipinski definition) is 6. The molecule has 0 atom stereocenters. The van der Waals surface area contributed by atoms with Gasteiger partial charge in [-0.05, 0) is 29.7 Å². The van der Waals surface area contributed by atoms with Gasteiger partial charge in [-0.25, -0.2) is 14.8 Å². The molecule has 3 N–H and O–H groups in total. The van der Waals surface area contributed by atoms with Crippen molar-refractivity contribution in [3.8, 4) is 11.3 Å². The minimum absolute atomic E-state index is 0.134. The number of nitrogens with zero attached hydrogens (tertiary/aromatic N) is 3.